The van der Waals surface area contributed by atoms with Gasteiger partial charge in [-0.05, 0) is 13.8 Å². The average molecular weight is 217 g/mol. The molecule has 0 aliphatic heterocycles. The maximum absolute atomic E-state index is 4.23. The van der Waals surface area contributed by atoms with Crippen LogP contribution in [0.5, 0.6) is 0 Å². The fraction of sp³-hybridized carbons (Fsp3) is 0.364. The summed E-state index contributed by atoms with van der Waals surface area (Å²) in [6, 6.07) is 0. The maximum atomic E-state index is 4.23. The molecule has 0 aliphatic rings. The zero-order valence-electron chi connectivity index (χ0n) is 9.73. The molecule has 0 fully saturated rings. The lowest BCUT2D eigenvalue weighted by Crippen LogP contribution is -2.05. The molecule has 5 heteroatoms. The SMILES string of the molecule is Cc1nccnc1NCc1cnn(C)c1C. The summed E-state index contributed by atoms with van der Waals surface area (Å²) >= 11 is 0. The fourth-order valence-electron chi connectivity index (χ4n) is 1.48. The van der Waals surface area contributed by atoms with Crippen LogP contribution >= 0.6 is 0 Å². The third-order valence-corrected chi connectivity index (χ3v) is 2.66. The van der Waals surface area contributed by atoms with Crippen LogP contribution in [0.3, 0.4) is 0 Å². The Morgan fingerprint density at radius 2 is 2.00 bits per heavy atom. The van der Waals surface area contributed by atoms with Crippen molar-refractivity contribution in [3.8, 4) is 0 Å². The Kier molecular flexibility index (Phi) is 2.85. The first-order chi connectivity index (χ1) is 7.68. The van der Waals surface area contributed by atoms with Gasteiger partial charge in [0.1, 0.15) is 5.82 Å². The number of anilines is 1. The van der Waals surface area contributed by atoms with Gasteiger partial charge in [-0.1, -0.05) is 0 Å². The van der Waals surface area contributed by atoms with Gasteiger partial charge >= 0.3 is 0 Å². The van der Waals surface area contributed by atoms with Crippen molar-refractivity contribution in [2.24, 2.45) is 7.05 Å². The predicted molar refractivity (Wildman–Crippen MR) is 62.0 cm³/mol. The van der Waals surface area contributed by atoms with Gasteiger partial charge < -0.3 is 5.32 Å². The molecule has 0 bridgehead atoms. The first kappa shape index (κ1) is 10.6. The van der Waals surface area contributed by atoms with Crippen molar-refractivity contribution in [1.29, 1.82) is 0 Å². The third kappa shape index (κ3) is 2.03. The minimum atomic E-state index is 0.721. The van der Waals surface area contributed by atoms with E-state index in [-0.39, 0.29) is 0 Å². The van der Waals surface area contributed by atoms with Crippen LogP contribution in [0.2, 0.25) is 0 Å². The van der Waals surface area contributed by atoms with Crippen molar-refractivity contribution in [2.75, 3.05) is 5.32 Å². The Bertz CT molecular complexity index is 489. The lowest BCUT2D eigenvalue weighted by molar-refractivity contribution is 0.738. The van der Waals surface area contributed by atoms with E-state index in [4.69, 9.17) is 0 Å². The van der Waals surface area contributed by atoms with Crippen LogP contribution in [0.4, 0.5) is 5.82 Å². The molecule has 0 aromatic carbocycles. The molecular formula is C11H15N5. The standard InChI is InChI=1S/C11H15N5/c1-8-11(13-5-4-12-8)14-6-10-7-15-16(3)9(10)2/h4-5,7H,6H2,1-3H3,(H,13,14). The molecule has 0 atom stereocenters. The number of aromatic nitrogens is 4. The highest BCUT2D eigenvalue weighted by atomic mass is 15.3. The first-order valence-electron chi connectivity index (χ1n) is 5.17. The topological polar surface area (TPSA) is 55.6 Å². The predicted octanol–water partition coefficient (Wildman–Crippen LogP) is 1.44. The van der Waals surface area contributed by atoms with Crippen molar-refractivity contribution in [1.82, 2.24) is 19.7 Å². The summed E-state index contributed by atoms with van der Waals surface area (Å²) in [6.07, 6.45) is 5.25. The van der Waals surface area contributed by atoms with Crippen molar-refractivity contribution in [3.63, 3.8) is 0 Å². The number of rotatable bonds is 3. The number of hydrogen-bond acceptors (Lipinski definition) is 4. The molecule has 0 amide bonds. The summed E-state index contributed by atoms with van der Waals surface area (Å²) < 4.78 is 1.86. The van der Waals surface area contributed by atoms with E-state index in [1.54, 1.807) is 12.4 Å². The highest BCUT2D eigenvalue weighted by molar-refractivity contribution is 5.39. The normalized spacial score (nSPS) is 10.4. The molecular weight excluding hydrogens is 202 g/mol. The summed E-state index contributed by atoms with van der Waals surface area (Å²) in [5.41, 5.74) is 3.24. The third-order valence-electron chi connectivity index (χ3n) is 2.66. The largest absolute Gasteiger partial charge is 0.364 e. The molecule has 0 radical (unpaired) electrons. The second-order valence-electron chi connectivity index (χ2n) is 3.72. The Balaban J connectivity index is 2.08. The molecule has 2 aromatic heterocycles. The van der Waals surface area contributed by atoms with Gasteiger partial charge in [0.05, 0.1) is 11.9 Å². The minimum absolute atomic E-state index is 0.721. The quantitative estimate of drug-likeness (QED) is 0.845. The zero-order valence-corrected chi connectivity index (χ0v) is 9.73. The zero-order chi connectivity index (χ0) is 11.5. The van der Waals surface area contributed by atoms with Crippen LogP contribution in [0, 0.1) is 13.8 Å². The molecule has 2 aromatic rings. The molecule has 84 valence electrons. The van der Waals surface area contributed by atoms with Crippen LogP contribution < -0.4 is 5.32 Å². The second kappa shape index (κ2) is 4.30. The van der Waals surface area contributed by atoms with E-state index in [0.29, 0.717) is 0 Å². The first-order valence-corrected chi connectivity index (χ1v) is 5.17. The Morgan fingerprint density at radius 3 is 2.62 bits per heavy atom. The monoisotopic (exact) mass is 217 g/mol. The molecule has 2 heterocycles. The molecule has 0 unspecified atom stereocenters. The van der Waals surface area contributed by atoms with Crippen molar-refractivity contribution >= 4 is 5.82 Å². The van der Waals surface area contributed by atoms with Gasteiger partial charge in [0.25, 0.3) is 0 Å². The molecule has 16 heavy (non-hydrogen) atoms. The van der Waals surface area contributed by atoms with Crippen molar-refractivity contribution in [2.45, 2.75) is 20.4 Å². The maximum Gasteiger partial charge on any atom is 0.147 e. The summed E-state index contributed by atoms with van der Waals surface area (Å²) in [7, 11) is 1.94. The van der Waals surface area contributed by atoms with Gasteiger partial charge in [0, 0.05) is 37.2 Å². The number of hydrogen-bond donors (Lipinski definition) is 1. The van der Waals surface area contributed by atoms with Crippen LogP contribution in [-0.4, -0.2) is 19.7 Å². The smallest absolute Gasteiger partial charge is 0.147 e. The summed E-state index contributed by atoms with van der Waals surface area (Å²) in [5, 5.41) is 7.45. The summed E-state index contributed by atoms with van der Waals surface area (Å²) in [6.45, 7) is 4.71. The van der Waals surface area contributed by atoms with Crippen molar-refractivity contribution < 1.29 is 0 Å². The highest BCUT2D eigenvalue weighted by Gasteiger charge is 2.04. The van der Waals surface area contributed by atoms with Crippen LogP contribution in [0.25, 0.3) is 0 Å². The van der Waals surface area contributed by atoms with Crippen molar-refractivity contribution in [3.05, 3.63) is 35.5 Å². The molecule has 0 saturated carbocycles. The molecule has 0 spiro atoms. The minimum Gasteiger partial charge on any atom is -0.364 e. The highest BCUT2D eigenvalue weighted by Crippen LogP contribution is 2.10. The van der Waals surface area contributed by atoms with E-state index >= 15 is 0 Å². The van der Waals surface area contributed by atoms with Crippen LogP contribution in [0.15, 0.2) is 18.6 Å². The molecule has 0 aliphatic carbocycles. The average Bonchev–Trinajstić information content (AvgIpc) is 2.59. The van der Waals surface area contributed by atoms with E-state index in [2.05, 4.69) is 20.4 Å². The van der Waals surface area contributed by atoms with E-state index in [1.165, 1.54) is 5.56 Å². The summed E-state index contributed by atoms with van der Waals surface area (Å²) in [4.78, 5) is 8.40. The molecule has 0 saturated heterocycles. The second-order valence-corrected chi connectivity index (χ2v) is 3.72. The van der Waals surface area contributed by atoms with Gasteiger partial charge in [-0.3, -0.25) is 9.67 Å². The number of nitrogens with one attached hydrogen (secondary N) is 1. The van der Waals surface area contributed by atoms with E-state index in [9.17, 15) is 0 Å². The van der Waals surface area contributed by atoms with Gasteiger partial charge in [-0.15, -0.1) is 0 Å². The Morgan fingerprint density at radius 1 is 1.25 bits per heavy atom. The lowest BCUT2D eigenvalue weighted by atomic mass is 10.2. The van der Waals surface area contributed by atoms with E-state index < -0.39 is 0 Å². The molecule has 1 N–H and O–H groups in total. The van der Waals surface area contributed by atoms with E-state index in [0.717, 1.165) is 23.8 Å². The fourth-order valence-corrected chi connectivity index (χ4v) is 1.48. The number of aryl methyl sites for hydroxylation is 2. The van der Waals surface area contributed by atoms with Crippen LogP contribution in [-0.2, 0) is 13.6 Å². The van der Waals surface area contributed by atoms with Gasteiger partial charge in [0.2, 0.25) is 0 Å². The van der Waals surface area contributed by atoms with E-state index in [1.807, 2.05) is 31.8 Å². The molecule has 2 rings (SSSR count). The van der Waals surface area contributed by atoms with Crippen LogP contribution in [0.1, 0.15) is 17.0 Å². The van der Waals surface area contributed by atoms with Gasteiger partial charge in [-0.25, -0.2) is 4.98 Å². The Labute approximate surface area is 94.5 Å². The van der Waals surface area contributed by atoms with Gasteiger partial charge in [-0.2, -0.15) is 5.10 Å². The van der Waals surface area contributed by atoms with Gasteiger partial charge in [0.15, 0.2) is 0 Å². The Hall–Kier alpha value is -1.91. The summed E-state index contributed by atoms with van der Waals surface area (Å²) in [5.74, 6) is 0.825. The number of nitrogens with zero attached hydrogens (tertiary/aromatic N) is 4. The molecule has 5 nitrogen and oxygen atoms in total. The lowest BCUT2D eigenvalue weighted by Gasteiger charge is -2.06.